The molecule has 0 unspecified atom stereocenters. The fourth-order valence-corrected chi connectivity index (χ4v) is 3.73. The van der Waals surface area contributed by atoms with Crippen molar-refractivity contribution < 1.29 is 23.9 Å². The first-order valence-electron chi connectivity index (χ1n) is 10.8. The number of amides is 1. The van der Waals surface area contributed by atoms with Gasteiger partial charge < -0.3 is 19.5 Å². The van der Waals surface area contributed by atoms with Gasteiger partial charge in [-0.1, -0.05) is 18.2 Å². The van der Waals surface area contributed by atoms with Crippen molar-refractivity contribution in [3.05, 3.63) is 82.4 Å². The first-order chi connectivity index (χ1) is 16.9. The van der Waals surface area contributed by atoms with Crippen LogP contribution in [0.4, 0.5) is 11.4 Å². The summed E-state index contributed by atoms with van der Waals surface area (Å²) in [5.74, 6) is 0.992. The highest BCUT2D eigenvalue weighted by Gasteiger charge is 2.21. The molecule has 0 saturated carbocycles. The number of fused-ring (bicyclic) bond motifs is 1. The van der Waals surface area contributed by atoms with Crippen molar-refractivity contribution in [3.8, 4) is 28.5 Å². The number of benzene rings is 3. The molecule has 4 aromatic rings. The third kappa shape index (κ3) is 4.84. The second-order valence-corrected chi connectivity index (χ2v) is 7.46. The molecule has 4 rings (SSSR count). The Bertz CT molecular complexity index is 1420. The van der Waals surface area contributed by atoms with Gasteiger partial charge in [0.1, 0.15) is 22.9 Å². The van der Waals surface area contributed by atoms with Crippen LogP contribution in [0.1, 0.15) is 17.3 Å². The van der Waals surface area contributed by atoms with Crippen LogP contribution in [0.25, 0.3) is 22.2 Å². The summed E-state index contributed by atoms with van der Waals surface area (Å²) in [5, 5.41) is 14.9. The van der Waals surface area contributed by atoms with E-state index < -0.39 is 10.8 Å². The van der Waals surface area contributed by atoms with Crippen LogP contribution in [0.15, 0.2) is 66.7 Å². The predicted octanol–water partition coefficient (Wildman–Crippen LogP) is 5.48. The molecule has 0 spiro atoms. The average molecular weight is 473 g/mol. The highest BCUT2D eigenvalue weighted by molar-refractivity contribution is 6.13. The maximum atomic E-state index is 13.4. The Morgan fingerprint density at radius 3 is 2.49 bits per heavy atom. The van der Waals surface area contributed by atoms with Crippen LogP contribution in [-0.4, -0.2) is 36.6 Å². The fourth-order valence-electron chi connectivity index (χ4n) is 3.73. The Labute approximate surface area is 201 Å². The third-order valence-electron chi connectivity index (χ3n) is 5.37. The molecule has 0 atom stereocenters. The molecular formula is C26H23N3O6. The van der Waals surface area contributed by atoms with Gasteiger partial charge in [0.05, 0.1) is 48.6 Å². The zero-order valence-corrected chi connectivity index (χ0v) is 19.4. The minimum Gasteiger partial charge on any atom is -0.497 e. The molecule has 1 amide bonds. The van der Waals surface area contributed by atoms with Gasteiger partial charge in [0.25, 0.3) is 11.6 Å². The number of carbonyl (C=O) groups is 1. The summed E-state index contributed by atoms with van der Waals surface area (Å²) in [6.45, 7) is 2.15. The van der Waals surface area contributed by atoms with Gasteiger partial charge in [-0.2, -0.15) is 0 Å². The number of nitrogens with one attached hydrogen (secondary N) is 1. The average Bonchev–Trinajstić information content (AvgIpc) is 2.88. The number of nitro groups is 1. The normalized spacial score (nSPS) is 10.6. The number of methoxy groups -OCH3 is 2. The summed E-state index contributed by atoms with van der Waals surface area (Å²) in [5.41, 5.74) is 1.81. The number of anilines is 1. The van der Waals surface area contributed by atoms with Crippen molar-refractivity contribution in [2.45, 2.75) is 6.92 Å². The molecule has 0 bridgehead atoms. The number of carbonyl (C=O) groups excluding carboxylic acids is 1. The Morgan fingerprint density at radius 2 is 1.77 bits per heavy atom. The van der Waals surface area contributed by atoms with E-state index >= 15 is 0 Å². The van der Waals surface area contributed by atoms with Gasteiger partial charge in [0.15, 0.2) is 0 Å². The maximum Gasteiger partial charge on any atom is 0.296 e. The van der Waals surface area contributed by atoms with Crippen molar-refractivity contribution >= 4 is 28.2 Å². The summed E-state index contributed by atoms with van der Waals surface area (Å²) in [4.78, 5) is 29.2. The summed E-state index contributed by atoms with van der Waals surface area (Å²) in [6.07, 6.45) is 0. The van der Waals surface area contributed by atoms with E-state index in [4.69, 9.17) is 19.2 Å². The van der Waals surface area contributed by atoms with Crippen LogP contribution >= 0.6 is 0 Å². The number of para-hydroxylation sites is 1. The number of nitrogens with zero attached hydrogens (tertiary/aromatic N) is 2. The van der Waals surface area contributed by atoms with Crippen LogP contribution in [0.2, 0.25) is 0 Å². The number of nitro benzene ring substituents is 1. The minimum absolute atomic E-state index is 0.0601. The van der Waals surface area contributed by atoms with E-state index in [1.165, 1.54) is 12.1 Å². The van der Waals surface area contributed by atoms with Crippen molar-refractivity contribution in [2.24, 2.45) is 0 Å². The Morgan fingerprint density at radius 1 is 1.00 bits per heavy atom. The van der Waals surface area contributed by atoms with Gasteiger partial charge in [0.2, 0.25) is 0 Å². The topological polar surface area (TPSA) is 113 Å². The Kier molecular flexibility index (Phi) is 6.77. The van der Waals surface area contributed by atoms with E-state index in [2.05, 4.69) is 5.32 Å². The molecule has 1 heterocycles. The molecule has 9 heteroatoms. The first kappa shape index (κ1) is 23.5. The molecule has 178 valence electrons. The highest BCUT2D eigenvalue weighted by Crippen LogP contribution is 2.35. The number of rotatable bonds is 8. The van der Waals surface area contributed by atoms with Gasteiger partial charge in [0, 0.05) is 10.9 Å². The minimum atomic E-state index is -0.560. The second-order valence-electron chi connectivity index (χ2n) is 7.46. The van der Waals surface area contributed by atoms with E-state index in [0.717, 1.165) is 0 Å². The quantitative estimate of drug-likeness (QED) is 0.266. The zero-order chi connectivity index (χ0) is 24.9. The smallest absolute Gasteiger partial charge is 0.296 e. The monoisotopic (exact) mass is 473 g/mol. The van der Waals surface area contributed by atoms with Gasteiger partial charge >= 0.3 is 0 Å². The molecule has 0 radical (unpaired) electrons. The fraction of sp³-hybridized carbons (Fsp3) is 0.154. The van der Waals surface area contributed by atoms with E-state index in [-0.39, 0.29) is 11.4 Å². The van der Waals surface area contributed by atoms with E-state index in [0.29, 0.717) is 51.6 Å². The van der Waals surface area contributed by atoms with E-state index in [1.54, 1.807) is 69.7 Å². The predicted molar refractivity (Wildman–Crippen MR) is 133 cm³/mol. The SMILES string of the molecule is CCOc1ccc(NC(=O)c2cc(-c3cc(OC)ccc3OC)nc3ccccc23)c([N+](=O)[O-])c1. The van der Waals surface area contributed by atoms with Crippen LogP contribution < -0.4 is 19.5 Å². The van der Waals surface area contributed by atoms with Crippen molar-refractivity contribution in [2.75, 3.05) is 26.1 Å². The van der Waals surface area contributed by atoms with Crippen LogP contribution in [0.5, 0.6) is 17.2 Å². The summed E-state index contributed by atoms with van der Waals surface area (Å²) in [7, 11) is 3.10. The van der Waals surface area contributed by atoms with Gasteiger partial charge in [-0.05, 0) is 49.4 Å². The summed E-state index contributed by atoms with van der Waals surface area (Å²) >= 11 is 0. The summed E-state index contributed by atoms with van der Waals surface area (Å²) in [6, 6.07) is 18.4. The van der Waals surface area contributed by atoms with Crippen LogP contribution in [0.3, 0.4) is 0 Å². The second kappa shape index (κ2) is 10.1. The number of pyridine rings is 1. The number of ether oxygens (including phenoxy) is 3. The lowest BCUT2D eigenvalue weighted by molar-refractivity contribution is -0.384. The standard InChI is InChI=1S/C26H23N3O6/c1-4-35-17-9-11-22(24(14-17)29(31)32)28-26(30)19-15-23(27-21-8-6-5-7-18(19)21)20-13-16(33-2)10-12-25(20)34-3/h5-15H,4H2,1-3H3,(H,28,30). The zero-order valence-electron chi connectivity index (χ0n) is 19.4. The highest BCUT2D eigenvalue weighted by atomic mass is 16.6. The van der Waals surface area contributed by atoms with Gasteiger partial charge in [-0.25, -0.2) is 4.98 Å². The molecule has 3 aromatic carbocycles. The van der Waals surface area contributed by atoms with Crippen molar-refractivity contribution in [1.82, 2.24) is 4.98 Å². The number of aromatic nitrogens is 1. The molecule has 0 aliphatic heterocycles. The van der Waals surface area contributed by atoms with Crippen LogP contribution in [-0.2, 0) is 0 Å². The van der Waals surface area contributed by atoms with Gasteiger partial charge in [-0.3, -0.25) is 14.9 Å². The van der Waals surface area contributed by atoms with Crippen LogP contribution in [0, 0.1) is 10.1 Å². The van der Waals surface area contributed by atoms with Gasteiger partial charge in [-0.15, -0.1) is 0 Å². The van der Waals surface area contributed by atoms with E-state index in [1.807, 2.05) is 6.07 Å². The number of hydrogen-bond donors (Lipinski definition) is 1. The van der Waals surface area contributed by atoms with Crippen molar-refractivity contribution in [3.63, 3.8) is 0 Å². The maximum absolute atomic E-state index is 13.4. The molecule has 0 saturated heterocycles. The Balaban J connectivity index is 1.82. The molecule has 0 aliphatic carbocycles. The molecular weight excluding hydrogens is 450 g/mol. The van der Waals surface area contributed by atoms with Crippen molar-refractivity contribution in [1.29, 1.82) is 0 Å². The summed E-state index contributed by atoms with van der Waals surface area (Å²) < 4.78 is 16.2. The molecule has 1 aromatic heterocycles. The largest absolute Gasteiger partial charge is 0.497 e. The lowest BCUT2D eigenvalue weighted by Crippen LogP contribution is -2.14. The molecule has 1 N–H and O–H groups in total. The lowest BCUT2D eigenvalue weighted by atomic mass is 10.0. The van der Waals surface area contributed by atoms with E-state index in [9.17, 15) is 14.9 Å². The Hall–Kier alpha value is -4.66. The number of hydrogen-bond acceptors (Lipinski definition) is 7. The molecule has 0 aliphatic rings. The third-order valence-corrected chi connectivity index (χ3v) is 5.37. The molecule has 9 nitrogen and oxygen atoms in total. The molecule has 0 fully saturated rings. The first-order valence-corrected chi connectivity index (χ1v) is 10.8. The molecule has 35 heavy (non-hydrogen) atoms. The lowest BCUT2D eigenvalue weighted by Gasteiger charge is -2.14.